The van der Waals surface area contributed by atoms with Gasteiger partial charge in [0.25, 0.3) is 5.89 Å². The number of carbonyl (C=O) groups excluding carboxylic acids is 1. The molecule has 1 atom stereocenters. The number of rotatable bonds is 4. The quantitative estimate of drug-likeness (QED) is 0.703. The molecule has 1 aliphatic heterocycles. The molecule has 1 unspecified atom stereocenters. The zero-order valence-electron chi connectivity index (χ0n) is 15.6. The standard InChI is InChI=1S/C21H21N3O3/c1-13-7-8-17(9-14(13)2)24-12-16(11-19(24)25)20-22-21(27-23-20)15-5-4-6-18(10-15)26-3/h4-10,16H,11-12H2,1-3H3. The van der Waals surface area contributed by atoms with E-state index in [-0.39, 0.29) is 11.8 Å². The highest BCUT2D eigenvalue weighted by Crippen LogP contribution is 2.32. The SMILES string of the molecule is COc1cccc(-c2nc(C3CC(=O)N(c4ccc(C)c(C)c4)C3)no2)c1. The largest absolute Gasteiger partial charge is 0.497 e. The second-order valence-corrected chi connectivity index (χ2v) is 6.86. The fourth-order valence-corrected chi connectivity index (χ4v) is 3.30. The Labute approximate surface area is 157 Å². The Hall–Kier alpha value is -3.15. The summed E-state index contributed by atoms with van der Waals surface area (Å²) in [6, 6.07) is 13.5. The molecule has 2 heterocycles. The van der Waals surface area contributed by atoms with Gasteiger partial charge < -0.3 is 14.2 Å². The Morgan fingerprint density at radius 1 is 1.15 bits per heavy atom. The van der Waals surface area contributed by atoms with Crippen LogP contribution < -0.4 is 9.64 Å². The van der Waals surface area contributed by atoms with E-state index in [1.807, 2.05) is 42.5 Å². The van der Waals surface area contributed by atoms with E-state index in [1.54, 1.807) is 12.0 Å². The Morgan fingerprint density at radius 2 is 2.00 bits per heavy atom. The van der Waals surface area contributed by atoms with Gasteiger partial charge in [-0.3, -0.25) is 4.79 Å². The van der Waals surface area contributed by atoms with Crippen molar-refractivity contribution in [1.29, 1.82) is 0 Å². The molecule has 6 heteroatoms. The highest BCUT2D eigenvalue weighted by molar-refractivity contribution is 5.96. The van der Waals surface area contributed by atoms with Crippen LogP contribution in [0.3, 0.4) is 0 Å². The van der Waals surface area contributed by atoms with Gasteiger partial charge in [-0.2, -0.15) is 4.98 Å². The normalized spacial score (nSPS) is 16.8. The smallest absolute Gasteiger partial charge is 0.258 e. The first-order valence-corrected chi connectivity index (χ1v) is 8.91. The van der Waals surface area contributed by atoms with Crippen molar-refractivity contribution in [2.75, 3.05) is 18.6 Å². The Morgan fingerprint density at radius 3 is 2.78 bits per heavy atom. The van der Waals surface area contributed by atoms with Crippen LogP contribution >= 0.6 is 0 Å². The van der Waals surface area contributed by atoms with Crippen LogP contribution in [-0.2, 0) is 4.79 Å². The summed E-state index contributed by atoms with van der Waals surface area (Å²) in [6.45, 7) is 4.67. The number of nitrogens with zero attached hydrogens (tertiary/aromatic N) is 3. The summed E-state index contributed by atoms with van der Waals surface area (Å²) in [7, 11) is 1.61. The fourth-order valence-electron chi connectivity index (χ4n) is 3.30. The molecular weight excluding hydrogens is 342 g/mol. The second kappa shape index (κ2) is 6.87. The molecule has 1 fully saturated rings. The molecule has 6 nitrogen and oxygen atoms in total. The minimum absolute atomic E-state index is 0.0796. The third kappa shape index (κ3) is 3.30. The molecule has 2 aromatic carbocycles. The summed E-state index contributed by atoms with van der Waals surface area (Å²) in [6.07, 6.45) is 0.379. The predicted octanol–water partition coefficient (Wildman–Crippen LogP) is 3.88. The molecule has 3 aromatic rings. The molecule has 1 saturated heterocycles. The molecule has 0 saturated carbocycles. The summed E-state index contributed by atoms with van der Waals surface area (Å²) < 4.78 is 10.7. The maximum Gasteiger partial charge on any atom is 0.258 e. The highest BCUT2D eigenvalue weighted by Gasteiger charge is 2.34. The lowest BCUT2D eigenvalue weighted by atomic mass is 10.1. The van der Waals surface area contributed by atoms with Gasteiger partial charge in [0.15, 0.2) is 5.82 Å². The fraction of sp³-hybridized carbons (Fsp3) is 0.286. The van der Waals surface area contributed by atoms with Gasteiger partial charge in [-0.1, -0.05) is 17.3 Å². The number of anilines is 1. The zero-order chi connectivity index (χ0) is 19.0. The van der Waals surface area contributed by atoms with Crippen molar-refractivity contribution in [2.45, 2.75) is 26.2 Å². The first-order valence-electron chi connectivity index (χ1n) is 8.91. The molecule has 0 spiro atoms. The summed E-state index contributed by atoms with van der Waals surface area (Å²) in [4.78, 5) is 18.9. The Bertz CT molecular complexity index is 996. The molecule has 1 aromatic heterocycles. The van der Waals surface area contributed by atoms with Gasteiger partial charge in [-0.15, -0.1) is 0 Å². The molecule has 27 heavy (non-hydrogen) atoms. The van der Waals surface area contributed by atoms with Crippen LogP contribution in [0.5, 0.6) is 5.75 Å². The number of ether oxygens (including phenoxy) is 1. The summed E-state index contributed by atoms with van der Waals surface area (Å²) in [5, 5.41) is 4.12. The van der Waals surface area contributed by atoms with Crippen molar-refractivity contribution < 1.29 is 14.1 Å². The lowest BCUT2D eigenvalue weighted by Crippen LogP contribution is -2.24. The van der Waals surface area contributed by atoms with Crippen molar-refractivity contribution in [1.82, 2.24) is 10.1 Å². The van der Waals surface area contributed by atoms with Crippen LogP contribution in [0.1, 0.15) is 29.3 Å². The van der Waals surface area contributed by atoms with E-state index in [4.69, 9.17) is 9.26 Å². The molecule has 138 valence electrons. The molecule has 0 bridgehead atoms. The van der Waals surface area contributed by atoms with Crippen molar-refractivity contribution in [3.8, 4) is 17.2 Å². The molecule has 0 N–H and O–H groups in total. The lowest BCUT2D eigenvalue weighted by Gasteiger charge is -2.17. The average Bonchev–Trinajstić information content (AvgIpc) is 3.31. The monoisotopic (exact) mass is 363 g/mol. The number of benzene rings is 2. The Kier molecular flexibility index (Phi) is 4.39. The minimum Gasteiger partial charge on any atom is -0.497 e. The van der Waals surface area contributed by atoms with Crippen LogP contribution in [0.15, 0.2) is 47.0 Å². The maximum absolute atomic E-state index is 12.5. The predicted molar refractivity (Wildman–Crippen MR) is 102 cm³/mol. The van der Waals surface area contributed by atoms with Gasteiger partial charge in [0, 0.05) is 30.1 Å². The van der Waals surface area contributed by atoms with E-state index >= 15 is 0 Å². The van der Waals surface area contributed by atoms with Gasteiger partial charge in [0.1, 0.15) is 5.75 Å². The van der Waals surface area contributed by atoms with Crippen molar-refractivity contribution >= 4 is 11.6 Å². The van der Waals surface area contributed by atoms with Crippen LogP contribution in [0.2, 0.25) is 0 Å². The number of hydrogen-bond acceptors (Lipinski definition) is 5. The number of amides is 1. The van der Waals surface area contributed by atoms with Crippen LogP contribution in [0, 0.1) is 13.8 Å². The van der Waals surface area contributed by atoms with Crippen LogP contribution in [0.4, 0.5) is 5.69 Å². The topological polar surface area (TPSA) is 68.5 Å². The van der Waals surface area contributed by atoms with Crippen molar-refractivity contribution in [3.63, 3.8) is 0 Å². The molecule has 0 aliphatic carbocycles. The molecule has 0 radical (unpaired) electrons. The minimum atomic E-state index is -0.0813. The Balaban J connectivity index is 1.55. The highest BCUT2D eigenvalue weighted by atomic mass is 16.5. The van der Waals surface area contributed by atoms with E-state index in [0.29, 0.717) is 24.7 Å². The number of methoxy groups -OCH3 is 1. The van der Waals surface area contributed by atoms with Crippen LogP contribution in [-0.4, -0.2) is 29.7 Å². The van der Waals surface area contributed by atoms with Crippen LogP contribution in [0.25, 0.3) is 11.5 Å². The average molecular weight is 363 g/mol. The number of hydrogen-bond donors (Lipinski definition) is 0. The van der Waals surface area contributed by atoms with Crippen molar-refractivity contribution in [3.05, 3.63) is 59.4 Å². The summed E-state index contributed by atoms with van der Waals surface area (Å²) >= 11 is 0. The third-order valence-corrected chi connectivity index (χ3v) is 5.05. The summed E-state index contributed by atoms with van der Waals surface area (Å²) in [5.74, 6) is 1.72. The van der Waals surface area contributed by atoms with E-state index in [1.165, 1.54) is 11.1 Å². The van der Waals surface area contributed by atoms with Gasteiger partial charge in [-0.05, 0) is 55.3 Å². The number of carbonyl (C=O) groups is 1. The van der Waals surface area contributed by atoms with E-state index in [2.05, 4.69) is 24.0 Å². The first kappa shape index (κ1) is 17.3. The second-order valence-electron chi connectivity index (χ2n) is 6.86. The number of aromatic nitrogens is 2. The number of aryl methyl sites for hydroxylation is 2. The van der Waals surface area contributed by atoms with E-state index in [0.717, 1.165) is 17.0 Å². The summed E-state index contributed by atoms with van der Waals surface area (Å²) in [5.41, 5.74) is 4.09. The van der Waals surface area contributed by atoms with Gasteiger partial charge >= 0.3 is 0 Å². The van der Waals surface area contributed by atoms with Gasteiger partial charge in [0.2, 0.25) is 5.91 Å². The van der Waals surface area contributed by atoms with Crippen molar-refractivity contribution in [2.24, 2.45) is 0 Å². The van der Waals surface area contributed by atoms with E-state index in [9.17, 15) is 4.79 Å². The third-order valence-electron chi connectivity index (χ3n) is 5.05. The lowest BCUT2D eigenvalue weighted by molar-refractivity contribution is -0.117. The molecular formula is C21H21N3O3. The van der Waals surface area contributed by atoms with E-state index < -0.39 is 0 Å². The maximum atomic E-state index is 12.5. The zero-order valence-corrected chi connectivity index (χ0v) is 15.6. The molecule has 1 amide bonds. The molecule has 4 rings (SSSR count). The molecule has 1 aliphatic rings. The van der Waals surface area contributed by atoms with Gasteiger partial charge in [-0.25, -0.2) is 0 Å². The van der Waals surface area contributed by atoms with Gasteiger partial charge in [0.05, 0.1) is 7.11 Å². The first-order chi connectivity index (χ1) is 13.0.